The molecule has 1 saturated heterocycles. The number of Topliss-reactive ketones (excluding diaryl/α,β-unsaturated/α-hetero) is 1. The summed E-state index contributed by atoms with van der Waals surface area (Å²) >= 11 is 0. The standard InChI is InChI=1S/C16H14N2O4/c1-22-11-8-6-10(7-9-11)16(19)15-14(17-15)12-4-2-3-5-13(12)18(20)21/h2-9,14-15,17H,1H3/t14-,15-/m1/s1. The molecule has 0 spiro atoms. The van der Waals surface area contributed by atoms with Crippen molar-refractivity contribution in [1.29, 1.82) is 0 Å². The molecule has 0 amide bonds. The highest BCUT2D eigenvalue weighted by Crippen LogP contribution is 2.37. The van der Waals surface area contributed by atoms with E-state index in [0.29, 0.717) is 16.9 Å². The molecule has 0 radical (unpaired) electrons. The van der Waals surface area contributed by atoms with E-state index >= 15 is 0 Å². The molecule has 6 nitrogen and oxygen atoms in total. The summed E-state index contributed by atoms with van der Waals surface area (Å²) in [7, 11) is 1.56. The lowest BCUT2D eigenvalue weighted by Gasteiger charge is -2.02. The van der Waals surface area contributed by atoms with Crippen LogP contribution in [0.1, 0.15) is 22.0 Å². The zero-order valence-electron chi connectivity index (χ0n) is 11.9. The van der Waals surface area contributed by atoms with Gasteiger partial charge in [0.2, 0.25) is 0 Å². The number of benzene rings is 2. The van der Waals surface area contributed by atoms with Gasteiger partial charge in [-0.3, -0.25) is 20.2 Å². The van der Waals surface area contributed by atoms with Gasteiger partial charge in [0.05, 0.1) is 24.1 Å². The fourth-order valence-corrected chi connectivity index (χ4v) is 2.49. The summed E-state index contributed by atoms with van der Waals surface area (Å²) in [5.41, 5.74) is 1.13. The van der Waals surface area contributed by atoms with Crippen LogP contribution in [-0.4, -0.2) is 23.9 Å². The third kappa shape index (κ3) is 2.56. The molecule has 2 aromatic carbocycles. The molecule has 0 aliphatic carbocycles. The maximum Gasteiger partial charge on any atom is 0.274 e. The van der Waals surface area contributed by atoms with E-state index in [2.05, 4.69) is 5.32 Å². The number of ketones is 1. The van der Waals surface area contributed by atoms with Crippen LogP contribution in [0.4, 0.5) is 5.69 Å². The summed E-state index contributed by atoms with van der Waals surface area (Å²) in [5.74, 6) is 0.598. The third-order valence-electron chi connectivity index (χ3n) is 3.71. The van der Waals surface area contributed by atoms with Gasteiger partial charge in [-0.2, -0.15) is 0 Å². The van der Waals surface area contributed by atoms with Gasteiger partial charge >= 0.3 is 0 Å². The summed E-state index contributed by atoms with van der Waals surface area (Å²) in [6.07, 6.45) is 0. The molecule has 0 unspecified atom stereocenters. The van der Waals surface area contributed by atoms with Gasteiger partial charge in [0.1, 0.15) is 5.75 Å². The summed E-state index contributed by atoms with van der Waals surface area (Å²) in [5, 5.41) is 14.1. The fourth-order valence-electron chi connectivity index (χ4n) is 2.49. The van der Waals surface area contributed by atoms with Crippen molar-refractivity contribution in [2.24, 2.45) is 0 Å². The quantitative estimate of drug-likeness (QED) is 0.396. The summed E-state index contributed by atoms with van der Waals surface area (Å²) in [6.45, 7) is 0. The van der Waals surface area contributed by atoms with Crippen LogP contribution in [0.15, 0.2) is 48.5 Å². The SMILES string of the molecule is COc1ccc(C(=O)[C@@H]2N[C@@H]2c2ccccc2[N+](=O)[O-])cc1. The molecule has 0 saturated carbocycles. The van der Waals surface area contributed by atoms with Crippen LogP contribution in [-0.2, 0) is 0 Å². The smallest absolute Gasteiger partial charge is 0.274 e. The molecule has 1 fully saturated rings. The zero-order valence-corrected chi connectivity index (χ0v) is 11.9. The van der Waals surface area contributed by atoms with Crippen molar-refractivity contribution < 1.29 is 14.5 Å². The predicted octanol–water partition coefficient (Wildman–Crippen LogP) is 2.50. The number of nitro groups is 1. The molecule has 1 N–H and O–H groups in total. The number of rotatable bonds is 5. The van der Waals surface area contributed by atoms with E-state index in [1.165, 1.54) is 6.07 Å². The number of hydrogen-bond donors (Lipinski definition) is 1. The van der Waals surface area contributed by atoms with Crippen LogP contribution in [0.5, 0.6) is 5.75 Å². The normalized spacial score (nSPS) is 19.5. The van der Waals surface area contributed by atoms with Crippen LogP contribution in [0.3, 0.4) is 0 Å². The average molecular weight is 298 g/mol. The Kier molecular flexibility index (Phi) is 3.60. The topological polar surface area (TPSA) is 91.4 Å². The minimum Gasteiger partial charge on any atom is -0.497 e. The Morgan fingerprint density at radius 2 is 1.86 bits per heavy atom. The molecule has 2 aromatic rings. The zero-order chi connectivity index (χ0) is 15.7. The highest BCUT2D eigenvalue weighted by Gasteiger charge is 2.46. The monoisotopic (exact) mass is 298 g/mol. The molecular weight excluding hydrogens is 284 g/mol. The largest absolute Gasteiger partial charge is 0.497 e. The molecule has 6 heteroatoms. The first-order valence-electron chi connectivity index (χ1n) is 6.79. The molecule has 1 aliphatic rings. The minimum atomic E-state index is -0.426. The molecule has 2 atom stereocenters. The van der Waals surface area contributed by atoms with Crippen molar-refractivity contribution in [3.05, 3.63) is 69.8 Å². The number of nitrogens with zero attached hydrogens (tertiary/aromatic N) is 1. The first-order chi connectivity index (χ1) is 10.6. The molecule has 1 heterocycles. The number of carbonyl (C=O) groups is 1. The number of nitro benzene ring substituents is 1. The van der Waals surface area contributed by atoms with Gasteiger partial charge in [-0.1, -0.05) is 18.2 Å². The lowest BCUT2D eigenvalue weighted by molar-refractivity contribution is -0.385. The average Bonchev–Trinajstić information content (AvgIpc) is 3.34. The van der Waals surface area contributed by atoms with Crippen molar-refractivity contribution in [2.45, 2.75) is 12.1 Å². The molecule has 22 heavy (non-hydrogen) atoms. The second kappa shape index (κ2) is 5.57. The first-order valence-corrected chi connectivity index (χ1v) is 6.79. The first kappa shape index (κ1) is 14.2. The van der Waals surface area contributed by atoms with E-state index in [9.17, 15) is 14.9 Å². The van der Waals surface area contributed by atoms with Gasteiger partial charge in [-0.05, 0) is 24.3 Å². The van der Waals surface area contributed by atoms with Gasteiger partial charge in [0.25, 0.3) is 5.69 Å². The number of carbonyl (C=O) groups excluding carboxylic acids is 1. The van der Waals surface area contributed by atoms with Crippen LogP contribution in [0, 0.1) is 10.1 Å². The van der Waals surface area contributed by atoms with Gasteiger partial charge in [0, 0.05) is 17.2 Å². The van der Waals surface area contributed by atoms with E-state index < -0.39 is 11.0 Å². The van der Waals surface area contributed by atoms with E-state index in [4.69, 9.17) is 4.74 Å². The van der Waals surface area contributed by atoms with E-state index in [0.717, 1.165) is 0 Å². The second-order valence-corrected chi connectivity index (χ2v) is 5.03. The predicted molar refractivity (Wildman–Crippen MR) is 80.1 cm³/mol. The van der Waals surface area contributed by atoms with Gasteiger partial charge in [0.15, 0.2) is 5.78 Å². The van der Waals surface area contributed by atoms with Gasteiger partial charge in [-0.25, -0.2) is 0 Å². The molecular formula is C16H14N2O4. The fraction of sp³-hybridized carbons (Fsp3) is 0.188. The number of methoxy groups -OCH3 is 1. The molecule has 3 rings (SSSR count). The number of nitrogens with one attached hydrogen (secondary N) is 1. The van der Waals surface area contributed by atoms with Crippen molar-refractivity contribution in [1.82, 2.24) is 5.32 Å². The number of hydrogen-bond acceptors (Lipinski definition) is 5. The molecule has 112 valence electrons. The third-order valence-corrected chi connectivity index (χ3v) is 3.71. The second-order valence-electron chi connectivity index (χ2n) is 5.03. The summed E-state index contributed by atoms with van der Waals surface area (Å²) in [6, 6.07) is 12.6. The van der Waals surface area contributed by atoms with Crippen LogP contribution >= 0.6 is 0 Å². The van der Waals surface area contributed by atoms with Gasteiger partial charge < -0.3 is 4.74 Å². The minimum absolute atomic E-state index is 0.0324. The van der Waals surface area contributed by atoms with Crippen LogP contribution in [0.25, 0.3) is 0 Å². The lowest BCUT2D eigenvalue weighted by Crippen LogP contribution is -2.10. The number of para-hydroxylation sites is 1. The lowest BCUT2D eigenvalue weighted by atomic mass is 10.0. The number of ether oxygens (including phenoxy) is 1. The summed E-state index contributed by atoms with van der Waals surface area (Å²) in [4.78, 5) is 23.0. The van der Waals surface area contributed by atoms with E-state index in [1.807, 2.05) is 0 Å². The molecule has 1 aliphatic heterocycles. The summed E-state index contributed by atoms with van der Waals surface area (Å²) < 4.78 is 5.06. The van der Waals surface area contributed by atoms with E-state index in [1.54, 1.807) is 49.6 Å². The Hall–Kier alpha value is -2.73. The molecule has 0 aromatic heterocycles. The van der Waals surface area contributed by atoms with Crippen molar-refractivity contribution in [3.63, 3.8) is 0 Å². The van der Waals surface area contributed by atoms with Crippen molar-refractivity contribution in [2.75, 3.05) is 7.11 Å². The van der Waals surface area contributed by atoms with Crippen LogP contribution in [0.2, 0.25) is 0 Å². The Morgan fingerprint density at radius 3 is 2.50 bits per heavy atom. The highest BCUT2D eigenvalue weighted by atomic mass is 16.6. The highest BCUT2D eigenvalue weighted by molar-refractivity contribution is 6.02. The molecule has 0 bridgehead atoms. The van der Waals surface area contributed by atoms with Crippen molar-refractivity contribution >= 4 is 11.5 Å². The van der Waals surface area contributed by atoms with Gasteiger partial charge in [-0.15, -0.1) is 0 Å². The Labute approximate surface area is 126 Å². The van der Waals surface area contributed by atoms with Crippen molar-refractivity contribution in [3.8, 4) is 5.75 Å². The Bertz CT molecular complexity index is 727. The Morgan fingerprint density at radius 1 is 1.18 bits per heavy atom. The maximum atomic E-state index is 12.4. The maximum absolute atomic E-state index is 12.4. The van der Waals surface area contributed by atoms with E-state index in [-0.39, 0.29) is 17.5 Å². The Balaban J connectivity index is 1.79. The van der Waals surface area contributed by atoms with Crippen LogP contribution < -0.4 is 10.1 Å².